The number of benzene rings is 2. The first kappa shape index (κ1) is 11.4. The molecule has 5 heteroatoms. The smallest absolute Gasteiger partial charge is 0.240 e. The molecule has 0 spiro atoms. The van der Waals surface area contributed by atoms with E-state index >= 15 is 0 Å². The Morgan fingerprint density at radius 1 is 0.818 bits per heavy atom. The molecule has 0 fully saturated rings. The summed E-state index contributed by atoms with van der Waals surface area (Å²) in [5, 5.41) is 3.32. The van der Waals surface area contributed by atoms with Crippen molar-refractivity contribution < 1.29 is 4.42 Å². The molecule has 0 N–H and O–H groups in total. The van der Waals surface area contributed by atoms with Gasteiger partial charge in [0.25, 0.3) is 0 Å². The average Bonchev–Trinajstić information content (AvgIpc) is 3.10. The maximum absolute atomic E-state index is 6.09. The van der Waals surface area contributed by atoms with Gasteiger partial charge in [-0.3, -0.25) is 0 Å². The fraction of sp³-hybridized carbons (Fsp3) is 0. The lowest BCUT2D eigenvalue weighted by molar-refractivity contribution is 0.641. The third-order valence-corrected chi connectivity index (χ3v) is 3.87. The quantitative estimate of drug-likeness (QED) is 0.471. The van der Waals surface area contributed by atoms with Crippen molar-refractivity contribution in [3.8, 4) is 5.95 Å². The Morgan fingerprint density at radius 2 is 1.55 bits per heavy atom. The van der Waals surface area contributed by atoms with Crippen LogP contribution in [0.5, 0.6) is 0 Å². The van der Waals surface area contributed by atoms with Crippen molar-refractivity contribution in [1.82, 2.24) is 19.5 Å². The standard InChI is InChI=1S/C17H10N4O/c1-3-7-13-11(5-1)15-12-6-2-4-8-14(12)22-16(15)21(13)17-19-9-18-10-20-17/h1-10H. The highest BCUT2D eigenvalue weighted by atomic mass is 16.3. The van der Waals surface area contributed by atoms with Crippen molar-refractivity contribution >= 4 is 33.0 Å². The van der Waals surface area contributed by atoms with Crippen molar-refractivity contribution in [2.45, 2.75) is 0 Å². The summed E-state index contributed by atoms with van der Waals surface area (Å²) < 4.78 is 8.02. The first-order valence-corrected chi connectivity index (χ1v) is 6.96. The van der Waals surface area contributed by atoms with E-state index in [1.165, 1.54) is 12.7 Å². The van der Waals surface area contributed by atoms with Gasteiger partial charge in [0, 0.05) is 10.8 Å². The predicted molar refractivity (Wildman–Crippen MR) is 83.9 cm³/mol. The van der Waals surface area contributed by atoms with Gasteiger partial charge in [0.2, 0.25) is 11.7 Å². The number of nitrogens with zero attached hydrogens (tertiary/aromatic N) is 4. The molecule has 0 aliphatic heterocycles. The lowest BCUT2D eigenvalue weighted by Gasteiger charge is -2.02. The maximum atomic E-state index is 6.09. The zero-order valence-corrected chi connectivity index (χ0v) is 11.5. The van der Waals surface area contributed by atoms with E-state index in [1.54, 1.807) is 0 Å². The SMILES string of the molecule is c1ccc2c(c1)oc1c2c2ccccc2n1-c1ncncn1. The van der Waals surface area contributed by atoms with Gasteiger partial charge >= 0.3 is 0 Å². The molecule has 104 valence electrons. The molecule has 3 heterocycles. The van der Waals surface area contributed by atoms with E-state index in [2.05, 4.69) is 27.1 Å². The summed E-state index contributed by atoms with van der Waals surface area (Å²) in [4.78, 5) is 12.4. The van der Waals surface area contributed by atoms with Crippen LogP contribution in [-0.4, -0.2) is 19.5 Å². The fourth-order valence-electron chi connectivity index (χ4n) is 2.99. The van der Waals surface area contributed by atoms with Crippen LogP contribution in [0.15, 0.2) is 65.6 Å². The zero-order chi connectivity index (χ0) is 14.5. The Labute approximate surface area is 124 Å². The van der Waals surface area contributed by atoms with E-state index in [9.17, 15) is 0 Å². The van der Waals surface area contributed by atoms with Gasteiger partial charge in [-0.1, -0.05) is 36.4 Å². The van der Waals surface area contributed by atoms with E-state index in [0.717, 1.165) is 33.0 Å². The minimum Gasteiger partial charge on any atom is -0.439 e. The first-order valence-electron chi connectivity index (χ1n) is 6.96. The summed E-state index contributed by atoms with van der Waals surface area (Å²) in [7, 11) is 0. The van der Waals surface area contributed by atoms with E-state index in [-0.39, 0.29) is 0 Å². The highest BCUT2D eigenvalue weighted by molar-refractivity contribution is 6.19. The molecule has 5 aromatic rings. The van der Waals surface area contributed by atoms with Crippen LogP contribution in [0.4, 0.5) is 0 Å². The third kappa shape index (κ3) is 1.39. The van der Waals surface area contributed by atoms with Crippen molar-refractivity contribution in [2.75, 3.05) is 0 Å². The molecule has 0 radical (unpaired) electrons. The fourth-order valence-corrected chi connectivity index (χ4v) is 2.99. The van der Waals surface area contributed by atoms with Crippen LogP contribution in [-0.2, 0) is 0 Å². The molecule has 5 nitrogen and oxygen atoms in total. The normalized spacial score (nSPS) is 11.6. The molecular formula is C17H10N4O. The second-order valence-electron chi connectivity index (χ2n) is 5.07. The second-order valence-corrected chi connectivity index (χ2v) is 5.07. The third-order valence-electron chi connectivity index (χ3n) is 3.87. The summed E-state index contributed by atoms with van der Waals surface area (Å²) >= 11 is 0. The Bertz CT molecular complexity index is 1120. The number of rotatable bonds is 1. The van der Waals surface area contributed by atoms with E-state index in [1.807, 2.05) is 41.0 Å². The number of furan rings is 1. The van der Waals surface area contributed by atoms with Crippen molar-refractivity contribution in [3.63, 3.8) is 0 Å². The van der Waals surface area contributed by atoms with Gasteiger partial charge in [-0.2, -0.15) is 0 Å². The molecule has 2 aromatic carbocycles. The van der Waals surface area contributed by atoms with E-state index in [4.69, 9.17) is 4.42 Å². The molecule has 5 rings (SSSR count). The van der Waals surface area contributed by atoms with Gasteiger partial charge in [-0.15, -0.1) is 0 Å². The van der Waals surface area contributed by atoms with Crippen LogP contribution in [0.1, 0.15) is 0 Å². The van der Waals surface area contributed by atoms with Crippen LogP contribution in [0, 0.1) is 0 Å². The lowest BCUT2D eigenvalue weighted by atomic mass is 10.1. The van der Waals surface area contributed by atoms with Gasteiger partial charge in [0.15, 0.2) is 0 Å². The van der Waals surface area contributed by atoms with Gasteiger partial charge < -0.3 is 4.42 Å². The second kappa shape index (κ2) is 4.14. The van der Waals surface area contributed by atoms with Gasteiger partial charge in [-0.25, -0.2) is 19.5 Å². The lowest BCUT2D eigenvalue weighted by Crippen LogP contribution is -2.00. The molecule has 3 aromatic heterocycles. The van der Waals surface area contributed by atoms with Gasteiger partial charge in [-0.05, 0) is 12.1 Å². The van der Waals surface area contributed by atoms with Crippen LogP contribution >= 0.6 is 0 Å². The monoisotopic (exact) mass is 286 g/mol. The van der Waals surface area contributed by atoms with E-state index < -0.39 is 0 Å². The topological polar surface area (TPSA) is 56.7 Å². The number of hydrogen-bond acceptors (Lipinski definition) is 4. The molecular weight excluding hydrogens is 276 g/mol. The van der Waals surface area contributed by atoms with Gasteiger partial charge in [0.05, 0.1) is 10.9 Å². The largest absolute Gasteiger partial charge is 0.439 e. The maximum Gasteiger partial charge on any atom is 0.240 e. The van der Waals surface area contributed by atoms with E-state index in [0.29, 0.717) is 5.95 Å². The molecule has 22 heavy (non-hydrogen) atoms. The summed E-state index contributed by atoms with van der Waals surface area (Å²) in [6, 6.07) is 16.2. The minimum absolute atomic E-state index is 0.556. The zero-order valence-electron chi connectivity index (χ0n) is 11.5. The highest BCUT2D eigenvalue weighted by Crippen LogP contribution is 2.37. The minimum atomic E-state index is 0.556. The van der Waals surface area contributed by atoms with Crippen LogP contribution in [0.3, 0.4) is 0 Å². The van der Waals surface area contributed by atoms with Crippen LogP contribution in [0.2, 0.25) is 0 Å². The number of fused-ring (bicyclic) bond motifs is 5. The predicted octanol–water partition coefficient (Wildman–Crippen LogP) is 3.71. The van der Waals surface area contributed by atoms with Crippen LogP contribution < -0.4 is 0 Å². The molecule has 0 saturated carbocycles. The number of hydrogen-bond donors (Lipinski definition) is 0. The molecule has 0 unspecified atom stereocenters. The average molecular weight is 286 g/mol. The Kier molecular flexibility index (Phi) is 2.16. The Morgan fingerprint density at radius 3 is 2.41 bits per heavy atom. The Hall–Kier alpha value is -3.21. The van der Waals surface area contributed by atoms with Crippen molar-refractivity contribution in [1.29, 1.82) is 0 Å². The molecule has 0 aliphatic carbocycles. The molecule has 0 atom stereocenters. The van der Waals surface area contributed by atoms with Gasteiger partial charge in [0.1, 0.15) is 18.2 Å². The summed E-state index contributed by atoms with van der Waals surface area (Å²) in [5.41, 5.74) is 2.64. The Balaban J connectivity index is 2.07. The molecule has 0 bridgehead atoms. The number of para-hydroxylation sites is 2. The first-order chi connectivity index (χ1) is 10.9. The highest BCUT2D eigenvalue weighted by Gasteiger charge is 2.19. The molecule has 0 aliphatic rings. The summed E-state index contributed by atoms with van der Waals surface area (Å²) in [6.07, 6.45) is 2.98. The van der Waals surface area contributed by atoms with Crippen molar-refractivity contribution in [2.24, 2.45) is 0 Å². The van der Waals surface area contributed by atoms with Crippen molar-refractivity contribution in [3.05, 3.63) is 61.2 Å². The molecule has 0 saturated heterocycles. The summed E-state index contributed by atoms with van der Waals surface area (Å²) in [5.74, 6) is 0.556. The summed E-state index contributed by atoms with van der Waals surface area (Å²) in [6.45, 7) is 0. The molecule has 0 amide bonds. The number of aromatic nitrogens is 4. The van der Waals surface area contributed by atoms with Crippen LogP contribution in [0.25, 0.3) is 38.9 Å².